The third-order valence-electron chi connectivity index (χ3n) is 2.07. The van der Waals surface area contributed by atoms with E-state index in [9.17, 15) is 9.18 Å². The number of hydrogen-bond donors (Lipinski definition) is 1. The van der Waals surface area contributed by atoms with Crippen LogP contribution in [0, 0.1) is 5.82 Å². The Bertz CT molecular complexity index is 543. The zero-order valence-electron chi connectivity index (χ0n) is 8.09. The van der Waals surface area contributed by atoms with Crippen molar-refractivity contribution in [2.24, 2.45) is 0 Å². The molecule has 0 bridgehead atoms. The molecule has 2 aromatic heterocycles. The molecule has 0 saturated heterocycles. The molecule has 0 amide bonds. The maximum absolute atomic E-state index is 13.4. The van der Waals surface area contributed by atoms with E-state index in [4.69, 9.17) is 5.11 Å². The van der Waals surface area contributed by atoms with E-state index >= 15 is 0 Å². The number of halogens is 1. The average Bonchev–Trinajstić information content (AvgIpc) is 2.30. The predicted octanol–water partition coefficient (Wildman–Crippen LogP) is 1.98. The molecular weight excluding hydrogens is 211 g/mol. The number of carbonyl (C=O) groups is 1. The number of pyridine rings is 2. The van der Waals surface area contributed by atoms with Crippen LogP contribution in [0.3, 0.4) is 0 Å². The number of hydrogen-bond acceptors (Lipinski definition) is 3. The summed E-state index contributed by atoms with van der Waals surface area (Å²) in [6.07, 6.45) is 5.13. The molecule has 2 heterocycles. The first kappa shape index (κ1) is 10.2. The van der Waals surface area contributed by atoms with E-state index in [1.165, 1.54) is 30.7 Å². The third-order valence-corrected chi connectivity index (χ3v) is 2.07. The molecule has 80 valence electrons. The molecule has 0 aromatic carbocycles. The van der Waals surface area contributed by atoms with Crippen molar-refractivity contribution in [2.45, 2.75) is 0 Å². The largest absolute Gasteiger partial charge is 0.478 e. The van der Waals surface area contributed by atoms with Gasteiger partial charge in [-0.05, 0) is 12.1 Å². The maximum Gasteiger partial charge on any atom is 0.337 e. The van der Waals surface area contributed by atoms with Crippen molar-refractivity contribution in [3.63, 3.8) is 0 Å². The highest BCUT2D eigenvalue weighted by Gasteiger charge is 2.08. The summed E-state index contributed by atoms with van der Waals surface area (Å²) in [5.41, 5.74) is 0.721. The fraction of sp³-hybridized carbons (Fsp3) is 0. The third kappa shape index (κ3) is 1.88. The first-order valence-electron chi connectivity index (χ1n) is 4.46. The number of aromatic carboxylic acids is 1. The summed E-state index contributed by atoms with van der Waals surface area (Å²) in [5, 5.41) is 8.78. The van der Waals surface area contributed by atoms with Gasteiger partial charge in [0.1, 0.15) is 5.82 Å². The zero-order valence-corrected chi connectivity index (χ0v) is 8.09. The Hall–Kier alpha value is -2.30. The summed E-state index contributed by atoms with van der Waals surface area (Å²) in [6.45, 7) is 0. The summed E-state index contributed by atoms with van der Waals surface area (Å²) >= 11 is 0. The Balaban J connectivity index is 2.53. The highest BCUT2D eigenvalue weighted by Crippen LogP contribution is 2.21. The Morgan fingerprint density at radius 2 is 2.06 bits per heavy atom. The fourth-order valence-corrected chi connectivity index (χ4v) is 1.31. The van der Waals surface area contributed by atoms with E-state index in [0.717, 1.165) is 6.20 Å². The van der Waals surface area contributed by atoms with Gasteiger partial charge in [0, 0.05) is 29.7 Å². The molecular formula is C11H7FN2O2. The lowest BCUT2D eigenvalue weighted by molar-refractivity contribution is 0.0696. The highest BCUT2D eigenvalue weighted by molar-refractivity contribution is 5.88. The van der Waals surface area contributed by atoms with Crippen LogP contribution in [-0.4, -0.2) is 21.0 Å². The minimum absolute atomic E-state index is 0.0220. The van der Waals surface area contributed by atoms with E-state index < -0.39 is 11.8 Å². The molecule has 2 rings (SSSR count). The summed E-state index contributed by atoms with van der Waals surface area (Å²) in [6, 6.07) is 2.84. The lowest BCUT2D eigenvalue weighted by atomic mass is 10.1. The molecule has 0 aliphatic rings. The van der Waals surface area contributed by atoms with Crippen molar-refractivity contribution < 1.29 is 14.3 Å². The number of carboxylic acid groups (broad SMARTS) is 1. The minimum atomic E-state index is -1.09. The van der Waals surface area contributed by atoms with Crippen LogP contribution in [0.15, 0.2) is 36.9 Å². The molecule has 5 heteroatoms. The van der Waals surface area contributed by atoms with E-state index in [1.54, 1.807) is 0 Å². The van der Waals surface area contributed by atoms with Gasteiger partial charge in [-0.25, -0.2) is 9.18 Å². The highest BCUT2D eigenvalue weighted by atomic mass is 19.1. The summed E-state index contributed by atoms with van der Waals surface area (Å²) < 4.78 is 13.4. The quantitative estimate of drug-likeness (QED) is 0.837. The number of rotatable bonds is 2. The normalized spacial score (nSPS) is 10.1. The van der Waals surface area contributed by atoms with Gasteiger partial charge in [-0.3, -0.25) is 9.97 Å². The van der Waals surface area contributed by atoms with Crippen molar-refractivity contribution in [2.75, 3.05) is 0 Å². The van der Waals surface area contributed by atoms with E-state index in [2.05, 4.69) is 9.97 Å². The van der Waals surface area contributed by atoms with Crippen molar-refractivity contribution in [3.05, 3.63) is 48.3 Å². The van der Waals surface area contributed by atoms with Crippen LogP contribution in [0.2, 0.25) is 0 Å². The number of carboxylic acids is 1. The van der Waals surface area contributed by atoms with Gasteiger partial charge in [0.05, 0.1) is 11.8 Å². The van der Waals surface area contributed by atoms with E-state index in [0.29, 0.717) is 5.56 Å². The molecule has 0 unspecified atom stereocenters. The van der Waals surface area contributed by atoms with Gasteiger partial charge in [-0.2, -0.15) is 0 Å². The van der Waals surface area contributed by atoms with Gasteiger partial charge >= 0.3 is 5.97 Å². The van der Waals surface area contributed by atoms with Gasteiger partial charge in [-0.1, -0.05) is 0 Å². The lowest BCUT2D eigenvalue weighted by Crippen LogP contribution is -1.97. The Morgan fingerprint density at radius 3 is 2.75 bits per heavy atom. The fourth-order valence-electron chi connectivity index (χ4n) is 1.31. The van der Waals surface area contributed by atoms with Gasteiger partial charge in [0.25, 0.3) is 0 Å². The van der Waals surface area contributed by atoms with Gasteiger partial charge in [0.15, 0.2) is 0 Å². The van der Waals surface area contributed by atoms with Crippen LogP contribution in [0.4, 0.5) is 4.39 Å². The molecule has 0 aliphatic carbocycles. The second kappa shape index (κ2) is 4.06. The van der Waals surface area contributed by atoms with Crippen molar-refractivity contribution in [1.29, 1.82) is 0 Å². The molecule has 0 spiro atoms. The lowest BCUT2D eigenvalue weighted by Gasteiger charge is -2.02. The molecule has 0 saturated carbocycles. The molecule has 2 aromatic rings. The second-order valence-electron chi connectivity index (χ2n) is 3.12. The van der Waals surface area contributed by atoms with Crippen LogP contribution in [0.1, 0.15) is 10.4 Å². The molecule has 16 heavy (non-hydrogen) atoms. The SMILES string of the molecule is O=C(O)c1cncc(-c2ccncc2F)c1. The van der Waals surface area contributed by atoms with Crippen molar-refractivity contribution >= 4 is 5.97 Å². The molecule has 0 aliphatic heterocycles. The molecule has 0 radical (unpaired) electrons. The Morgan fingerprint density at radius 1 is 1.25 bits per heavy atom. The van der Waals surface area contributed by atoms with E-state index in [-0.39, 0.29) is 11.1 Å². The van der Waals surface area contributed by atoms with Crippen LogP contribution in [0.5, 0.6) is 0 Å². The van der Waals surface area contributed by atoms with E-state index in [1.807, 2.05) is 0 Å². The summed E-state index contributed by atoms with van der Waals surface area (Å²) in [4.78, 5) is 18.1. The second-order valence-corrected chi connectivity index (χ2v) is 3.12. The molecule has 1 N–H and O–H groups in total. The number of aromatic nitrogens is 2. The standard InChI is InChI=1S/C11H7FN2O2/c12-10-6-13-2-1-9(10)7-3-8(11(15)16)5-14-4-7/h1-6H,(H,15,16). The van der Waals surface area contributed by atoms with Gasteiger partial charge in [0.2, 0.25) is 0 Å². The Kier molecular flexibility index (Phi) is 2.59. The predicted molar refractivity (Wildman–Crippen MR) is 54.4 cm³/mol. The molecule has 0 fully saturated rings. The van der Waals surface area contributed by atoms with Gasteiger partial charge in [-0.15, -0.1) is 0 Å². The minimum Gasteiger partial charge on any atom is -0.478 e. The van der Waals surface area contributed by atoms with Crippen LogP contribution in [0.25, 0.3) is 11.1 Å². The maximum atomic E-state index is 13.4. The van der Waals surface area contributed by atoms with Crippen molar-refractivity contribution in [1.82, 2.24) is 9.97 Å². The monoisotopic (exact) mass is 218 g/mol. The molecule has 0 atom stereocenters. The first-order valence-corrected chi connectivity index (χ1v) is 4.46. The van der Waals surface area contributed by atoms with Crippen LogP contribution < -0.4 is 0 Å². The summed E-state index contributed by atoms with van der Waals surface area (Å²) in [5.74, 6) is -1.60. The van der Waals surface area contributed by atoms with Gasteiger partial charge < -0.3 is 5.11 Å². The molecule has 4 nitrogen and oxygen atoms in total. The van der Waals surface area contributed by atoms with Crippen molar-refractivity contribution in [3.8, 4) is 11.1 Å². The number of nitrogens with zero attached hydrogens (tertiary/aromatic N) is 2. The van der Waals surface area contributed by atoms with Crippen LogP contribution in [-0.2, 0) is 0 Å². The first-order chi connectivity index (χ1) is 7.68. The smallest absolute Gasteiger partial charge is 0.337 e. The topological polar surface area (TPSA) is 63.1 Å². The summed E-state index contributed by atoms with van der Waals surface area (Å²) in [7, 11) is 0. The van der Waals surface area contributed by atoms with Crippen LogP contribution >= 0.6 is 0 Å². The Labute approximate surface area is 90.4 Å². The average molecular weight is 218 g/mol. The zero-order chi connectivity index (χ0) is 11.5.